The number of nitriles is 1. The van der Waals surface area contributed by atoms with E-state index in [1.54, 1.807) is 19.9 Å². The summed E-state index contributed by atoms with van der Waals surface area (Å²) < 4.78 is 27.0. The van der Waals surface area contributed by atoms with Crippen molar-refractivity contribution in [1.29, 1.82) is 5.26 Å². The highest BCUT2D eigenvalue weighted by Gasteiger charge is 2.36. The minimum absolute atomic E-state index is 0.159. The third kappa shape index (κ3) is 3.81. The molecule has 143 valence electrons. The van der Waals surface area contributed by atoms with Crippen LogP contribution in [0, 0.1) is 17.2 Å². The van der Waals surface area contributed by atoms with Gasteiger partial charge in [-0.25, -0.2) is 8.78 Å². The molecule has 1 aliphatic carbocycles. The maximum atomic E-state index is 13.6. The van der Waals surface area contributed by atoms with Crippen molar-refractivity contribution in [2.45, 2.75) is 32.4 Å². The Morgan fingerprint density at radius 2 is 2.11 bits per heavy atom. The van der Waals surface area contributed by atoms with Crippen LogP contribution >= 0.6 is 0 Å². The quantitative estimate of drug-likeness (QED) is 0.826. The second-order valence-corrected chi connectivity index (χ2v) is 6.44. The van der Waals surface area contributed by atoms with Crippen LogP contribution in [0.3, 0.4) is 0 Å². The summed E-state index contributed by atoms with van der Waals surface area (Å²) in [4.78, 5) is 24.7. The summed E-state index contributed by atoms with van der Waals surface area (Å²) in [5, 5.41) is 21.6. The molecule has 0 saturated heterocycles. The second-order valence-electron chi connectivity index (χ2n) is 6.44. The molecule has 1 radical (unpaired) electrons. The normalized spacial score (nSPS) is 20.4. The standard InChI is InChI=1S/C19H16F2N5O2/c1-9-12-5-14(20)15(21)7-17(12)24-19(28)13(9)6-18(27)23-10(2)16-4-3-11(8-22)25-26-16/h3-5,7,10,17H,6H2,1-2H3,(H,23,27)(H,24,28)/t10-,17?/m0/s1. The Kier molecular flexibility index (Phi) is 5.31. The summed E-state index contributed by atoms with van der Waals surface area (Å²) in [7, 11) is 0. The van der Waals surface area contributed by atoms with Crippen molar-refractivity contribution in [2.24, 2.45) is 0 Å². The molecule has 2 amide bonds. The minimum atomic E-state index is -1.03. The van der Waals surface area contributed by atoms with E-state index in [0.29, 0.717) is 17.2 Å². The van der Waals surface area contributed by atoms with E-state index in [0.717, 1.165) is 12.2 Å². The third-order valence-corrected chi connectivity index (χ3v) is 4.56. The Morgan fingerprint density at radius 3 is 2.75 bits per heavy atom. The molecule has 0 spiro atoms. The largest absolute Gasteiger partial charge is 0.348 e. The van der Waals surface area contributed by atoms with Crippen molar-refractivity contribution >= 4 is 11.8 Å². The van der Waals surface area contributed by atoms with Gasteiger partial charge in [0, 0.05) is 5.57 Å². The van der Waals surface area contributed by atoms with Crippen molar-refractivity contribution < 1.29 is 18.4 Å². The van der Waals surface area contributed by atoms with E-state index < -0.39 is 35.6 Å². The zero-order valence-electron chi connectivity index (χ0n) is 15.1. The number of fused-ring (bicyclic) bond motifs is 1. The average Bonchev–Trinajstić information content (AvgIpc) is 2.67. The van der Waals surface area contributed by atoms with Gasteiger partial charge in [-0.15, -0.1) is 5.10 Å². The van der Waals surface area contributed by atoms with Gasteiger partial charge in [-0.2, -0.15) is 10.4 Å². The maximum absolute atomic E-state index is 13.6. The minimum Gasteiger partial charge on any atom is -0.348 e. The maximum Gasteiger partial charge on any atom is 0.248 e. The highest BCUT2D eigenvalue weighted by atomic mass is 19.2. The van der Waals surface area contributed by atoms with Crippen molar-refractivity contribution in [2.75, 3.05) is 0 Å². The molecule has 1 unspecified atom stereocenters. The number of nitrogens with zero attached hydrogens (tertiary/aromatic N) is 3. The van der Waals surface area contributed by atoms with E-state index in [1.165, 1.54) is 6.07 Å². The van der Waals surface area contributed by atoms with Gasteiger partial charge in [-0.3, -0.25) is 9.59 Å². The molecule has 0 saturated carbocycles. The molecule has 2 aliphatic rings. The number of rotatable bonds is 4. The summed E-state index contributed by atoms with van der Waals surface area (Å²) in [6, 6.07) is 3.66. The van der Waals surface area contributed by atoms with Crippen LogP contribution < -0.4 is 10.6 Å². The first-order valence-electron chi connectivity index (χ1n) is 8.46. The van der Waals surface area contributed by atoms with Crippen molar-refractivity contribution in [1.82, 2.24) is 20.8 Å². The van der Waals surface area contributed by atoms with Crippen LogP contribution in [0.4, 0.5) is 8.78 Å². The SMILES string of the molecule is CC1=C(CC(=O)N[C@@H](C)c2ccc(C#N)nn2)C(=O)NC2C=C(F)C(F)=C[C]12. The predicted octanol–water partition coefficient (Wildman–Crippen LogP) is 2.03. The number of amides is 2. The van der Waals surface area contributed by atoms with Crippen molar-refractivity contribution in [3.05, 3.63) is 64.4 Å². The zero-order valence-corrected chi connectivity index (χ0v) is 15.1. The van der Waals surface area contributed by atoms with Crippen LogP contribution in [0.2, 0.25) is 0 Å². The highest BCUT2D eigenvalue weighted by molar-refractivity contribution is 6.01. The summed E-state index contributed by atoms with van der Waals surface area (Å²) >= 11 is 0. The van der Waals surface area contributed by atoms with Crippen molar-refractivity contribution in [3.8, 4) is 6.07 Å². The zero-order chi connectivity index (χ0) is 20.4. The Labute approximate surface area is 159 Å². The fourth-order valence-corrected chi connectivity index (χ4v) is 3.02. The lowest BCUT2D eigenvalue weighted by atomic mass is 9.81. The molecule has 1 aromatic heterocycles. The lowest BCUT2D eigenvalue weighted by Gasteiger charge is -2.32. The predicted molar refractivity (Wildman–Crippen MR) is 94.2 cm³/mol. The van der Waals surface area contributed by atoms with E-state index in [9.17, 15) is 18.4 Å². The average molecular weight is 384 g/mol. The molecule has 0 aromatic carbocycles. The van der Waals surface area contributed by atoms with Gasteiger partial charge in [0.1, 0.15) is 6.07 Å². The first kappa shape index (κ1) is 19.4. The molecule has 0 fully saturated rings. The monoisotopic (exact) mass is 384 g/mol. The van der Waals surface area contributed by atoms with Crippen LogP contribution in [-0.2, 0) is 9.59 Å². The summed E-state index contributed by atoms with van der Waals surface area (Å²) in [6.07, 6.45) is 1.79. The van der Waals surface area contributed by atoms with Gasteiger partial charge in [0.25, 0.3) is 0 Å². The van der Waals surface area contributed by atoms with Gasteiger partial charge in [0.05, 0.1) is 30.1 Å². The van der Waals surface area contributed by atoms with E-state index >= 15 is 0 Å². The topological polar surface area (TPSA) is 108 Å². The number of hydrogen-bond acceptors (Lipinski definition) is 5. The highest BCUT2D eigenvalue weighted by Crippen LogP contribution is 2.36. The molecule has 3 rings (SSSR count). The van der Waals surface area contributed by atoms with Gasteiger partial charge >= 0.3 is 0 Å². The first-order valence-corrected chi connectivity index (χ1v) is 8.46. The number of halogens is 2. The van der Waals surface area contributed by atoms with E-state index in [2.05, 4.69) is 20.8 Å². The molecule has 28 heavy (non-hydrogen) atoms. The first-order chi connectivity index (χ1) is 13.3. The number of nitrogens with one attached hydrogen (secondary N) is 2. The number of carbonyl (C=O) groups is 2. The van der Waals surface area contributed by atoms with Gasteiger partial charge in [-0.05, 0) is 38.1 Å². The van der Waals surface area contributed by atoms with E-state index in [4.69, 9.17) is 5.26 Å². The van der Waals surface area contributed by atoms with Gasteiger partial charge in [0.2, 0.25) is 11.8 Å². The van der Waals surface area contributed by atoms with E-state index in [1.807, 2.05) is 6.07 Å². The smallest absolute Gasteiger partial charge is 0.248 e. The molecule has 2 atom stereocenters. The van der Waals surface area contributed by atoms with Crippen LogP contribution in [0.5, 0.6) is 0 Å². The van der Waals surface area contributed by atoms with Crippen LogP contribution in [-0.4, -0.2) is 28.1 Å². The van der Waals surface area contributed by atoms with Crippen LogP contribution in [0.25, 0.3) is 0 Å². The summed E-state index contributed by atoms with van der Waals surface area (Å²) in [6.45, 7) is 3.29. The molecular weight excluding hydrogens is 368 g/mol. The number of aromatic nitrogens is 2. The molecule has 9 heteroatoms. The Hall–Kier alpha value is -3.41. The molecule has 7 nitrogen and oxygen atoms in total. The Morgan fingerprint density at radius 1 is 1.36 bits per heavy atom. The second kappa shape index (κ2) is 7.68. The van der Waals surface area contributed by atoms with E-state index in [-0.39, 0.29) is 17.7 Å². The summed E-state index contributed by atoms with van der Waals surface area (Å²) in [5.74, 6) is -2.58. The lowest BCUT2D eigenvalue weighted by Crippen LogP contribution is -2.45. The third-order valence-electron chi connectivity index (χ3n) is 4.56. The molecule has 1 aliphatic heterocycles. The fraction of sp³-hybridized carbons (Fsp3) is 0.263. The number of allylic oxidation sites excluding steroid dienone is 2. The molecule has 2 heterocycles. The molecule has 0 bridgehead atoms. The Bertz CT molecular complexity index is 960. The van der Waals surface area contributed by atoms with Crippen LogP contribution in [0.15, 0.2) is 47.1 Å². The molecule has 2 N–H and O–H groups in total. The number of carbonyl (C=O) groups excluding carboxylic acids is 2. The van der Waals surface area contributed by atoms with Crippen LogP contribution in [0.1, 0.15) is 37.7 Å². The van der Waals surface area contributed by atoms with Gasteiger partial charge in [0.15, 0.2) is 17.3 Å². The van der Waals surface area contributed by atoms with Gasteiger partial charge in [-0.1, -0.05) is 5.57 Å². The molecule has 1 aromatic rings. The fourth-order valence-electron chi connectivity index (χ4n) is 3.02. The van der Waals surface area contributed by atoms with Crippen molar-refractivity contribution in [3.63, 3.8) is 0 Å². The Balaban J connectivity index is 1.72. The lowest BCUT2D eigenvalue weighted by molar-refractivity contribution is -0.124. The van der Waals surface area contributed by atoms with Gasteiger partial charge < -0.3 is 10.6 Å². The molecular formula is C19H16F2N5O2. The summed E-state index contributed by atoms with van der Waals surface area (Å²) in [5.41, 5.74) is 1.24. The number of hydrogen-bond donors (Lipinski definition) is 2.